The van der Waals surface area contributed by atoms with Crippen molar-refractivity contribution in [3.05, 3.63) is 0 Å². The van der Waals surface area contributed by atoms with Crippen LogP contribution in [0, 0.1) is 12.3 Å². The number of hydrogen-bond donors (Lipinski definition) is 3. The number of rotatable bonds is 6. The number of amides is 2. The molecule has 0 aromatic carbocycles. The number of hydrogen-bond acceptors (Lipinski definition) is 2. The van der Waals surface area contributed by atoms with Crippen LogP contribution >= 0.6 is 0 Å². The number of terminal acetylenes is 1. The van der Waals surface area contributed by atoms with Crippen LogP contribution in [0.1, 0.15) is 6.42 Å². The van der Waals surface area contributed by atoms with Gasteiger partial charge in [0.25, 0.3) is 0 Å². The zero-order chi connectivity index (χ0) is 14.3. The van der Waals surface area contributed by atoms with Gasteiger partial charge in [0, 0.05) is 6.42 Å². The molecule has 0 saturated carbocycles. The maximum Gasteiger partial charge on any atom is 0.327 e. The van der Waals surface area contributed by atoms with E-state index in [0.717, 1.165) is 0 Å². The number of urea groups is 1. The molecule has 0 fully saturated rings. The summed E-state index contributed by atoms with van der Waals surface area (Å²) in [4.78, 5) is 21.5. The highest BCUT2D eigenvalue weighted by Crippen LogP contribution is 2.21. The Morgan fingerprint density at radius 3 is 2.33 bits per heavy atom. The first-order valence-corrected chi connectivity index (χ1v) is 4.57. The van der Waals surface area contributed by atoms with Crippen LogP contribution in [0.3, 0.4) is 0 Å². The van der Waals surface area contributed by atoms with Gasteiger partial charge in [-0.3, -0.25) is 0 Å². The number of carboxylic acids is 1. The minimum Gasteiger partial charge on any atom is -0.480 e. The van der Waals surface area contributed by atoms with Crippen molar-refractivity contribution in [2.75, 3.05) is 6.54 Å². The summed E-state index contributed by atoms with van der Waals surface area (Å²) in [5.74, 6) is -3.90. The number of carboxylic acid groups (broad SMARTS) is 1. The highest BCUT2D eigenvalue weighted by molar-refractivity contribution is 5.82. The first-order chi connectivity index (χ1) is 8.20. The van der Waals surface area contributed by atoms with Crippen LogP contribution in [0.4, 0.5) is 22.4 Å². The zero-order valence-corrected chi connectivity index (χ0v) is 8.92. The Bertz CT molecular complexity index is 354. The SMILES string of the molecule is C#CCC(NC(=O)NCC(F)(F)C(F)F)C(=O)O. The fourth-order valence-electron chi connectivity index (χ4n) is 0.802. The van der Waals surface area contributed by atoms with Crippen molar-refractivity contribution in [3.8, 4) is 12.3 Å². The Labute approximate surface area is 99.5 Å². The van der Waals surface area contributed by atoms with E-state index >= 15 is 0 Å². The maximum atomic E-state index is 12.4. The quantitative estimate of drug-likeness (QED) is 0.490. The number of halogens is 4. The third-order valence-corrected chi connectivity index (χ3v) is 1.73. The topological polar surface area (TPSA) is 78.4 Å². The molecule has 0 spiro atoms. The summed E-state index contributed by atoms with van der Waals surface area (Å²) in [6, 6.07) is -2.80. The molecule has 0 aromatic rings. The molecule has 9 heteroatoms. The minimum absolute atomic E-state index is 0.367. The molecule has 0 bridgehead atoms. The van der Waals surface area contributed by atoms with Gasteiger partial charge in [-0.15, -0.1) is 12.3 Å². The molecule has 18 heavy (non-hydrogen) atoms. The summed E-state index contributed by atoms with van der Waals surface area (Å²) in [6.45, 7) is -1.61. The lowest BCUT2D eigenvalue weighted by Crippen LogP contribution is -2.50. The molecular weight excluding hydrogens is 260 g/mol. The summed E-state index contributed by atoms with van der Waals surface area (Å²) in [5, 5.41) is 11.8. The molecule has 0 aromatic heterocycles. The molecule has 0 heterocycles. The monoisotopic (exact) mass is 270 g/mol. The summed E-state index contributed by atoms with van der Waals surface area (Å²) in [5.41, 5.74) is 0. The van der Waals surface area contributed by atoms with Crippen molar-refractivity contribution in [1.82, 2.24) is 10.6 Å². The molecule has 1 atom stereocenters. The van der Waals surface area contributed by atoms with Gasteiger partial charge >= 0.3 is 24.3 Å². The van der Waals surface area contributed by atoms with Crippen LogP contribution in [0.15, 0.2) is 0 Å². The molecule has 0 aliphatic rings. The second-order valence-electron chi connectivity index (χ2n) is 3.19. The van der Waals surface area contributed by atoms with E-state index in [9.17, 15) is 27.2 Å². The predicted octanol–water partition coefficient (Wildman–Crippen LogP) is 0.662. The molecule has 102 valence electrons. The molecule has 2 amide bonds. The first-order valence-electron chi connectivity index (χ1n) is 4.57. The fourth-order valence-corrected chi connectivity index (χ4v) is 0.802. The van der Waals surface area contributed by atoms with Gasteiger partial charge in [-0.25, -0.2) is 18.4 Å². The van der Waals surface area contributed by atoms with E-state index < -0.39 is 36.9 Å². The van der Waals surface area contributed by atoms with E-state index in [0.29, 0.717) is 0 Å². The van der Waals surface area contributed by atoms with E-state index in [2.05, 4.69) is 0 Å². The molecular formula is C9H10F4N2O3. The van der Waals surface area contributed by atoms with Gasteiger partial charge in [-0.2, -0.15) is 8.78 Å². The molecule has 0 rings (SSSR count). The van der Waals surface area contributed by atoms with E-state index in [4.69, 9.17) is 11.5 Å². The van der Waals surface area contributed by atoms with Crippen molar-refractivity contribution >= 4 is 12.0 Å². The summed E-state index contributed by atoms with van der Waals surface area (Å²) in [6.07, 6.45) is 0.523. The van der Waals surface area contributed by atoms with Crippen molar-refractivity contribution in [1.29, 1.82) is 0 Å². The molecule has 0 aliphatic heterocycles. The predicted molar refractivity (Wildman–Crippen MR) is 52.4 cm³/mol. The van der Waals surface area contributed by atoms with E-state index in [1.54, 1.807) is 5.32 Å². The third-order valence-electron chi connectivity index (χ3n) is 1.73. The fraction of sp³-hybridized carbons (Fsp3) is 0.556. The van der Waals surface area contributed by atoms with E-state index in [1.807, 2.05) is 5.92 Å². The van der Waals surface area contributed by atoms with Crippen LogP contribution in [-0.2, 0) is 4.79 Å². The Hall–Kier alpha value is -1.98. The van der Waals surface area contributed by atoms with E-state index in [-0.39, 0.29) is 6.42 Å². The smallest absolute Gasteiger partial charge is 0.327 e. The van der Waals surface area contributed by atoms with Crippen LogP contribution in [0.2, 0.25) is 0 Å². The van der Waals surface area contributed by atoms with Gasteiger partial charge in [0.2, 0.25) is 0 Å². The first kappa shape index (κ1) is 16.0. The van der Waals surface area contributed by atoms with E-state index in [1.165, 1.54) is 5.32 Å². The molecule has 0 aliphatic carbocycles. The van der Waals surface area contributed by atoms with Gasteiger partial charge in [0.05, 0.1) is 6.54 Å². The Balaban J connectivity index is 4.27. The Kier molecular flexibility index (Phi) is 5.95. The molecule has 0 saturated heterocycles. The van der Waals surface area contributed by atoms with Crippen LogP contribution in [0.25, 0.3) is 0 Å². The molecule has 1 unspecified atom stereocenters. The molecule has 5 nitrogen and oxygen atoms in total. The van der Waals surface area contributed by atoms with Crippen LogP contribution < -0.4 is 10.6 Å². The standard InChI is InChI=1S/C9H10F4N2O3/c1-2-3-5(6(16)17)15-8(18)14-4-9(12,13)7(10)11/h1,5,7H,3-4H2,(H,16,17)(H2,14,15,18). The number of aliphatic carboxylic acids is 1. The molecule has 0 radical (unpaired) electrons. The Morgan fingerprint density at radius 2 is 1.94 bits per heavy atom. The lowest BCUT2D eigenvalue weighted by atomic mass is 10.2. The average molecular weight is 270 g/mol. The highest BCUT2D eigenvalue weighted by atomic mass is 19.3. The lowest BCUT2D eigenvalue weighted by Gasteiger charge is -2.17. The average Bonchev–Trinajstić information content (AvgIpc) is 2.25. The van der Waals surface area contributed by atoms with Crippen molar-refractivity contribution in [2.45, 2.75) is 24.8 Å². The second-order valence-corrected chi connectivity index (χ2v) is 3.19. The Morgan fingerprint density at radius 1 is 1.39 bits per heavy atom. The van der Waals surface area contributed by atoms with Crippen molar-refractivity contribution in [3.63, 3.8) is 0 Å². The summed E-state index contributed by atoms with van der Waals surface area (Å²) in [7, 11) is 0. The maximum absolute atomic E-state index is 12.4. The van der Waals surface area contributed by atoms with Gasteiger partial charge in [-0.1, -0.05) is 0 Å². The van der Waals surface area contributed by atoms with Gasteiger partial charge in [0.15, 0.2) is 0 Å². The van der Waals surface area contributed by atoms with Gasteiger partial charge in [-0.05, 0) is 0 Å². The lowest BCUT2D eigenvalue weighted by molar-refractivity contribution is -0.139. The minimum atomic E-state index is -4.39. The van der Waals surface area contributed by atoms with Crippen molar-refractivity contribution < 1.29 is 32.3 Å². The van der Waals surface area contributed by atoms with Gasteiger partial charge < -0.3 is 15.7 Å². The zero-order valence-electron chi connectivity index (χ0n) is 8.92. The van der Waals surface area contributed by atoms with Crippen molar-refractivity contribution in [2.24, 2.45) is 0 Å². The normalized spacial score (nSPS) is 12.7. The third kappa shape index (κ3) is 5.38. The number of alkyl halides is 4. The number of nitrogens with one attached hydrogen (secondary N) is 2. The van der Waals surface area contributed by atoms with Gasteiger partial charge in [0.1, 0.15) is 6.04 Å². The summed E-state index contributed by atoms with van der Waals surface area (Å²) >= 11 is 0. The number of carbonyl (C=O) groups excluding carboxylic acids is 1. The highest BCUT2D eigenvalue weighted by Gasteiger charge is 2.41. The largest absolute Gasteiger partial charge is 0.480 e. The van der Waals surface area contributed by atoms with Crippen LogP contribution in [-0.4, -0.2) is 42.0 Å². The number of carbonyl (C=O) groups is 2. The second kappa shape index (κ2) is 6.68. The molecule has 3 N–H and O–H groups in total. The summed E-state index contributed by atoms with van der Waals surface area (Å²) < 4.78 is 48.3. The van der Waals surface area contributed by atoms with Crippen LogP contribution in [0.5, 0.6) is 0 Å².